The van der Waals surface area contributed by atoms with Crippen LogP contribution in [0.5, 0.6) is 0 Å². The highest BCUT2D eigenvalue weighted by molar-refractivity contribution is 5.62. The topological polar surface area (TPSA) is 119 Å². The SMILES string of the molecule is CC(c1ccc(-c2cnc(N)nc2)cc1)(c1noc(-c2c[nH]cn2)n1)C1CC1. The molecule has 0 saturated heterocycles. The van der Waals surface area contributed by atoms with Crippen molar-refractivity contribution in [3.8, 4) is 22.7 Å². The summed E-state index contributed by atoms with van der Waals surface area (Å²) in [5.41, 5.74) is 9.03. The Labute approximate surface area is 161 Å². The van der Waals surface area contributed by atoms with Crippen LogP contribution in [0.1, 0.15) is 31.2 Å². The molecule has 1 aromatic carbocycles. The fourth-order valence-corrected chi connectivity index (χ4v) is 3.62. The Morgan fingerprint density at radius 3 is 2.46 bits per heavy atom. The lowest BCUT2D eigenvalue weighted by Gasteiger charge is -2.27. The Hall–Kier alpha value is -3.55. The number of nitrogens with two attached hydrogens (primary N) is 1. The summed E-state index contributed by atoms with van der Waals surface area (Å²) in [6.07, 6.45) is 9.10. The Morgan fingerprint density at radius 2 is 1.82 bits per heavy atom. The van der Waals surface area contributed by atoms with Crippen molar-refractivity contribution in [1.82, 2.24) is 30.1 Å². The maximum atomic E-state index is 5.58. The summed E-state index contributed by atoms with van der Waals surface area (Å²) in [4.78, 5) is 19.9. The number of nitrogens with one attached hydrogen (secondary N) is 1. The lowest BCUT2D eigenvalue weighted by Crippen LogP contribution is -2.28. The number of anilines is 1. The van der Waals surface area contributed by atoms with E-state index < -0.39 is 0 Å². The molecule has 1 aliphatic rings. The van der Waals surface area contributed by atoms with Crippen LogP contribution in [0.4, 0.5) is 5.95 Å². The zero-order valence-electron chi connectivity index (χ0n) is 15.3. The predicted molar refractivity (Wildman–Crippen MR) is 103 cm³/mol. The molecule has 0 aliphatic heterocycles. The van der Waals surface area contributed by atoms with Gasteiger partial charge in [-0.2, -0.15) is 4.98 Å². The van der Waals surface area contributed by atoms with Gasteiger partial charge in [-0.3, -0.25) is 0 Å². The van der Waals surface area contributed by atoms with Gasteiger partial charge in [-0.1, -0.05) is 29.4 Å². The van der Waals surface area contributed by atoms with E-state index in [1.54, 1.807) is 24.9 Å². The van der Waals surface area contributed by atoms with Crippen LogP contribution < -0.4 is 5.73 Å². The van der Waals surface area contributed by atoms with Gasteiger partial charge in [0.25, 0.3) is 5.89 Å². The third-order valence-electron chi connectivity index (χ3n) is 5.49. The molecule has 3 N–H and O–H groups in total. The van der Waals surface area contributed by atoms with E-state index in [4.69, 9.17) is 10.3 Å². The first kappa shape index (κ1) is 16.6. The molecule has 1 fully saturated rings. The molecule has 140 valence electrons. The molecule has 8 nitrogen and oxygen atoms in total. The van der Waals surface area contributed by atoms with Gasteiger partial charge in [0, 0.05) is 24.2 Å². The molecule has 0 radical (unpaired) electrons. The molecule has 1 saturated carbocycles. The number of nitrogen functional groups attached to an aromatic ring is 1. The number of imidazole rings is 1. The summed E-state index contributed by atoms with van der Waals surface area (Å²) in [5, 5.41) is 4.30. The van der Waals surface area contributed by atoms with Crippen molar-refractivity contribution in [3.05, 3.63) is 60.6 Å². The normalized spacial score (nSPS) is 16.0. The standard InChI is InChI=1S/C20H19N7O/c1-20(15-6-7-15,18-26-17(28-27-18)16-10-22-11-25-16)14-4-2-12(3-5-14)13-8-23-19(21)24-9-13/h2-5,8-11,15H,6-7H2,1H3,(H,22,25)(H2,21,23,24). The second-order valence-corrected chi connectivity index (χ2v) is 7.26. The van der Waals surface area contributed by atoms with E-state index in [0.717, 1.165) is 29.5 Å². The minimum absolute atomic E-state index is 0.270. The van der Waals surface area contributed by atoms with E-state index in [1.807, 2.05) is 0 Å². The number of aromatic nitrogens is 6. The molecule has 28 heavy (non-hydrogen) atoms. The Balaban J connectivity index is 1.50. The van der Waals surface area contributed by atoms with E-state index in [9.17, 15) is 0 Å². The second kappa shape index (κ2) is 6.26. The van der Waals surface area contributed by atoms with Crippen LogP contribution in [0.25, 0.3) is 22.7 Å². The first-order chi connectivity index (χ1) is 13.6. The molecule has 8 heteroatoms. The molecular formula is C20H19N7O. The van der Waals surface area contributed by atoms with Crippen molar-refractivity contribution in [2.45, 2.75) is 25.2 Å². The number of aromatic amines is 1. The highest BCUT2D eigenvalue weighted by Gasteiger charge is 2.47. The van der Waals surface area contributed by atoms with Gasteiger partial charge in [0.1, 0.15) is 5.69 Å². The molecule has 0 bridgehead atoms. The van der Waals surface area contributed by atoms with Crippen molar-refractivity contribution < 1.29 is 4.52 Å². The maximum absolute atomic E-state index is 5.58. The Kier molecular flexibility index (Phi) is 3.71. The molecule has 4 aromatic rings. The molecule has 0 amide bonds. The average Bonchev–Trinajstić information content (AvgIpc) is 3.23. The van der Waals surface area contributed by atoms with Crippen LogP contribution in [0.15, 0.2) is 53.7 Å². The van der Waals surface area contributed by atoms with Gasteiger partial charge in [0.15, 0.2) is 5.82 Å². The summed E-state index contributed by atoms with van der Waals surface area (Å²) in [6, 6.07) is 8.38. The van der Waals surface area contributed by atoms with Crippen LogP contribution in [0, 0.1) is 5.92 Å². The molecule has 3 heterocycles. The fourth-order valence-electron chi connectivity index (χ4n) is 3.62. The first-order valence-corrected chi connectivity index (χ1v) is 9.16. The van der Waals surface area contributed by atoms with Gasteiger partial charge in [0.05, 0.1) is 11.7 Å². The van der Waals surface area contributed by atoms with Crippen molar-refractivity contribution in [2.75, 3.05) is 5.73 Å². The van der Waals surface area contributed by atoms with E-state index in [0.29, 0.717) is 23.3 Å². The summed E-state index contributed by atoms with van der Waals surface area (Å²) in [6.45, 7) is 2.19. The van der Waals surface area contributed by atoms with Gasteiger partial charge in [-0.25, -0.2) is 15.0 Å². The summed E-state index contributed by atoms with van der Waals surface area (Å²) in [7, 11) is 0. The molecule has 1 atom stereocenters. The highest BCUT2D eigenvalue weighted by Crippen LogP contribution is 2.50. The van der Waals surface area contributed by atoms with Crippen molar-refractivity contribution in [2.24, 2.45) is 5.92 Å². The minimum atomic E-state index is -0.311. The van der Waals surface area contributed by atoms with Crippen LogP contribution in [0.2, 0.25) is 0 Å². The monoisotopic (exact) mass is 373 g/mol. The smallest absolute Gasteiger partial charge is 0.278 e. The lowest BCUT2D eigenvalue weighted by molar-refractivity contribution is 0.386. The van der Waals surface area contributed by atoms with Crippen LogP contribution >= 0.6 is 0 Å². The fraction of sp³-hybridized carbons (Fsp3) is 0.250. The second-order valence-electron chi connectivity index (χ2n) is 7.26. The molecule has 0 spiro atoms. The molecular weight excluding hydrogens is 354 g/mol. The van der Waals surface area contributed by atoms with Gasteiger partial charge in [-0.15, -0.1) is 0 Å². The first-order valence-electron chi connectivity index (χ1n) is 9.16. The number of hydrogen-bond acceptors (Lipinski definition) is 7. The highest BCUT2D eigenvalue weighted by atomic mass is 16.5. The summed E-state index contributed by atoms with van der Waals surface area (Å²) >= 11 is 0. The summed E-state index contributed by atoms with van der Waals surface area (Å²) in [5.74, 6) is 1.88. The van der Waals surface area contributed by atoms with Crippen molar-refractivity contribution in [3.63, 3.8) is 0 Å². The Morgan fingerprint density at radius 1 is 1.07 bits per heavy atom. The predicted octanol–water partition coefficient (Wildman–Crippen LogP) is 3.21. The number of rotatable bonds is 5. The van der Waals surface area contributed by atoms with Crippen molar-refractivity contribution in [1.29, 1.82) is 0 Å². The van der Waals surface area contributed by atoms with Gasteiger partial charge in [-0.05, 0) is 36.8 Å². The largest absolute Gasteiger partial charge is 0.368 e. The van der Waals surface area contributed by atoms with Crippen molar-refractivity contribution >= 4 is 5.95 Å². The number of nitrogens with zero attached hydrogens (tertiary/aromatic N) is 5. The third-order valence-corrected chi connectivity index (χ3v) is 5.49. The number of benzene rings is 1. The minimum Gasteiger partial charge on any atom is -0.368 e. The molecule has 1 aliphatic carbocycles. The zero-order chi connectivity index (χ0) is 19.1. The number of H-pyrrole nitrogens is 1. The molecule has 1 unspecified atom stereocenters. The van der Waals surface area contributed by atoms with E-state index in [-0.39, 0.29) is 11.4 Å². The zero-order valence-corrected chi connectivity index (χ0v) is 15.3. The maximum Gasteiger partial charge on any atom is 0.278 e. The van der Waals surface area contributed by atoms with Gasteiger partial charge < -0.3 is 15.2 Å². The lowest BCUT2D eigenvalue weighted by atomic mass is 9.77. The molecule has 5 rings (SSSR count). The van der Waals surface area contributed by atoms with Gasteiger partial charge >= 0.3 is 0 Å². The third kappa shape index (κ3) is 2.74. The van der Waals surface area contributed by atoms with E-state index >= 15 is 0 Å². The van der Waals surface area contributed by atoms with Crippen LogP contribution in [-0.4, -0.2) is 30.1 Å². The van der Waals surface area contributed by atoms with Crippen LogP contribution in [-0.2, 0) is 5.41 Å². The number of hydrogen-bond donors (Lipinski definition) is 2. The van der Waals surface area contributed by atoms with E-state index in [2.05, 4.69) is 61.3 Å². The summed E-state index contributed by atoms with van der Waals surface area (Å²) < 4.78 is 5.49. The Bertz CT molecular complexity index is 1080. The molecule has 3 aromatic heterocycles. The van der Waals surface area contributed by atoms with E-state index in [1.165, 1.54) is 0 Å². The van der Waals surface area contributed by atoms with Gasteiger partial charge in [0.2, 0.25) is 5.95 Å². The quantitative estimate of drug-likeness (QED) is 0.551. The van der Waals surface area contributed by atoms with Crippen LogP contribution in [0.3, 0.4) is 0 Å². The average molecular weight is 373 g/mol.